The van der Waals surface area contributed by atoms with Crippen molar-refractivity contribution >= 4 is 0 Å². The van der Waals surface area contributed by atoms with Crippen molar-refractivity contribution < 1.29 is 0 Å². The second-order valence-electron chi connectivity index (χ2n) is 4.95. The van der Waals surface area contributed by atoms with Crippen molar-refractivity contribution in [2.24, 2.45) is 5.92 Å². The van der Waals surface area contributed by atoms with Gasteiger partial charge in [0, 0.05) is 19.6 Å². The maximum absolute atomic E-state index is 9.24. The molecule has 0 aromatic heterocycles. The predicted octanol–water partition coefficient (Wildman–Crippen LogP) is 1.22. The molecule has 0 amide bonds. The van der Waals surface area contributed by atoms with Crippen LogP contribution in [0, 0.1) is 29.6 Å². The van der Waals surface area contributed by atoms with Crippen LogP contribution in [-0.4, -0.2) is 36.6 Å². The molecular weight excluding hydrogens is 198 g/mol. The van der Waals surface area contributed by atoms with Gasteiger partial charge >= 0.3 is 0 Å². The van der Waals surface area contributed by atoms with Crippen LogP contribution in [0.25, 0.3) is 0 Å². The average molecular weight is 219 g/mol. The van der Waals surface area contributed by atoms with Crippen molar-refractivity contribution in [3.05, 3.63) is 0 Å². The molecule has 16 heavy (non-hydrogen) atoms. The maximum Gasteiger partial charge on any atom is 0.109 e. The number of nitriles is 1. The van der Waals surface area contributed by atoms with E-state index in [1.54, 1.807) is 0 Å². The molecule has 0 aliphatic carbocycles. The molecule has 1 heterocycles. The Hall–Kier alpha value is -1.03. The minimum absolute atomic E-state index is 0.389. The average Bonchev–Trinajstić information content (AvgIpc) is 2.28. The molecule has 3 heteroatoms. The molecule has 1 fully saturated rings. The van der Waals surface area contributed by atoms with Crippen LogP contribution in [0.4, 0.5) is 0 Å². The van der Waals surface area contributed by atoms with E-state index in [1.807, 2.05) is 0 Å². The fourth-order valence-corrected chi connectivity index (χ4v) is 2.18. The molecule has 0 unspecified atom stereocenters. The van der Waals surface area contributed by atoms with E-state index in [-0.39, 0.29) is 5.54 Å². The molecule has 1 aliphatic heterocycles. The van der Waals surface area contributed by atoms with Gasteiger partial charge in [-0.15, -0.1) is 6.42 Å². The minimum Gasteiger partial charge on any atom is -0.303 e. The van der Waals surface area contributed by atoms with Crippen molar-refractivity contribution in [1.29, 1.82) is 5.26 Å². The van der Waals surface area contributed by atoms with E-state index in [9.17, 15) is 5.26 Å². The lowest BCUT2D eigenvalue weighted by Crippen LogP contribution is -2.53. The molecule has 0 saturated carbocycles. The van der Waals surface area contributed by atoms with Crippen LogP contribution in [0.5, 0.6) is 0 Å². The molecule has 1 rings (SSSR count). The Kier molecular flexibility index (Phi) is 4.80. The number of nitrogens with one attached hydrogen (secondary N) is 1. The zero-order valence-corrected chi connectivity index (χ0v) is 10.3. The highest BCUT2D eigenvalue weighted by molar-refractivity contribution is 5.11. The van der Waals surface area contributed by atoms with Gasteiger partial charge in [0.2, 0.25) is 0 Å². The topological polar surface area (TPSA) is 39.1 Å². The Bertz CT molecular complexity index is 287. The van der Waals surface area contributed by atoms with Crippen molar-refractivity contribution in [2.75, 3.05) is 26.2 Å². The Morgan fingerprint density at radius 3 is 2.50 bits per heavy atom. The summed E-state index contributed by atoms with van der Waals surface area (Å²) in [5.74, 6) is 3.23. The predicted molar refractivity (Wildman–Crippen MR) is 65.7 cm³/mol. The smallest absolute Gasteiger partial charge is 0.109 e. The Morgan fingerprint density at radius 1 is 1.44 bits per heavy atom. The van der Waals surface area contributed by atoms with E-state index in [1.165, 1.54) is 0 Å². The number of likely N-dealkylation sites (tertiary alicyclic amines) is 1. The van der Waals surface area contributed by atoms with Gasteiger partial charge in [-0.25, -0.2) is 0 Å². The van der Waals surface area contributed by atoms with E-state index in [0.717, 1.165) is 32.5 Å². The molecular formula is C13H21N3. The summed E-state index contributed by atoms with van der Waals surface area (Å²) < 4.78 is 0. The molecule has 0 spiro atoms. The first-order valence-corrected chi connectivity index (χ1v) is 5.94. The first-order valence-electron chi connectivity index (χ1n) is 5.94. The number of rotatable bonds is 4. The fourth-order valence-electron chi connectivity index (χ4n) is 2.18. The van der Waals surface area contributed by atoms with Crippen molar-refractivity contribution in [2.45, 2.75) is 32.2 Å². The SMILES string of the molecule is C#CCNC1(C#N)CCN(CC(C)C)CC1. The number of hydrogen-bond acceptors (Lipinski definition) is 3. The van der Waals surface area contributed by atoms with Gasteiger partial charge in [-0.1, -0.05) is 19.8 Å². The van der Waals surface area contributed by atoms with Gasteiger partial charge in [0.05, 0.1) is 12.6 Å². The summed E-state index contributed by atoms with van der Waals surface area (Å²) in [6.45, 7) is 8.03. The molecule has 0 aromatic rings. The van der Waals surface area contributed by atoms with Gasteiger partial charge in [0.15, 0.2) is 0 Å². The monoisotopic (exact) mass is 219 g/mol. The molecule has 0 bridgehead atoms. The van der Waals surface area contributed by atoms with Gasteiger partial charge in [0.1, 0.15) is 5.54 Å². The molecule has 1 aliphatic rings. The van der Waals surface area contributed by atoms with E-state index in [0.29, 0.717) is 12.5 Å². The molecule has 88 valence electrons. The second-order valence-corrected chi connectivity index (χ2v) is 4.95. The van der Waals surface area contributed by atoms with E-state index < -0.39 is 0 Å². The molecule has 1 saturated heterocycles. The van der Waals surface area contributed by atoms with Crippen molar-refractivity contribution in [1.82, 2.24) is 10.2 Å². The summed E-state index contributed by atoms with van der Waals surface area (Å²) in [5, 5.41) is 12.4. The third-order valence-corrected chi connectivity index (χ3v) is 3.08. The highest BCUT2D eigenvalue weighted by atomic mass is 15.2. The third kappa shape index (κ3) is 3.52. The number of piperidine rings is 1. The molecule has 0 aromatic carbocycles. The normalized spacial score (nSPS) is 20.3. The van der Waals surface area contributed by atoms with Crippen molar-refractivity contribution in [3.8, 4) is 18.4 Å². The largest absolute Gasteiger partial charge is 0.303 e. The summed E-state index contributed by atoms with van der Waals surface area (Å²) in [4.78, 5) is 2.43. The van der Waals surface area contributed by atoms with Crippen LogP contribution in [0.15, 0.2) is 0 Å². The van der Waals surface area contributed by atoms with Crippen LogP contribution in [0.2, 0.25) is 0 Å². The summed E-state index contributed by atoms with van der Waals surface area (Å²) in [6.07, 6.45) is 6.97. The minimum atomic E-state index is -0.389. The van der Waals surface area contributed by atoms with Gasteiger partial charge in [-0.3, -0.25) is 5.32 Å². The van der Waals surface area contributed by atoms with E-state index in [2.05, 4.69) is 36.1 Å². The standard InChI is InChI=1S/C13H21N3/c1-4-7-15-13(11-14)5-8-16(9-6-13)10-12(2)3/h1,12,15H,5-10H2,2-3H3. The zero-order chi connectivity index (χ0) is 12.0. The molecule has 1 N–H and O–H groups in total. The zero-order valence-electron chi connectivity index (χ0n) is 10.3. The molecule has 3 nitrogen and oxygen atoms in total. The Morgan fingerprint density at radius 2 is 2.06 bits per heavy atom. The van der Waals surface area contributed by atoms with E-state index >= 15 is 0 Å². The van der Waals surface area contributed by atoms with Crippen LogP contribution >= 0.6 is 0 Å². The van der Waals surface area contributed by atoms with Gasteiger partial charge < -0.3 is 4.90 Å². The number of terminal acetylenes is 1. The molecule has 0 radical (unpaired) electrons. The summed E-state index contributed by atoms with van der Waals surface area (Å²) >= 11 is 0. The Balaban J connectivity index is 2.45. The van der Waals surface area contributed by atoms with Crippen LogP contribution in [0.3, 0.4) is 0 Å². The fraction of sp³-hybridized carbons (Fsp3) is 0.769. The Labute approximate surface area is 98.8 Å². The lowest BCUT2D eigenvalue weighted by atomic mass is 9.88. The van der Waals surface area contributed by atoms with Gasteiger partial charge in [0.25, 0.3) is 0 Å². The lowest BCUT2D eigenvalue weighted by molar-refractivity contribution is 0.155. The number of hydrogen-bond donors (Lipinski definition) is 1. The number of nitrogens with zero attached hydrogens (tertiary/aromatic N) is 2. The highest BCUT2D eigenvalue weighted by Gasteiger charge is 2.33. The highest BCUT2D eigenvalue weighted by Crippen LogP contribution is 2.21. The molecule has 0 atom stereocenters. The second kappa shape index (κ2) is 5.89. The first kappa shape index (κ1) is 13.0. The lowest BCUT2D eigenvalue weighted by Gasteiger charge is -2.38. The van der Waals surface area contributed by atoms with E-state index in [4.69, 9.17) is 6.42 Å². The maximum atomic E-state index is 9.24. The van der Waals surface area contributed by atoms with Crippen LogP contribution in [0.1, 0.15) is 26.7 Å². The van der Waals surface area contributed by atoms with Crippen LogP contribution < -0.4 is 5.32 Å². The summed E-state index contributed by atoms with van der Waals surface area (Å²) in [5.41, 5.74) is -0.389. The third-order valence-electron chi connectivity index (χ3n) is 3.08. The van der Waals surface area contributed by atoms with Gasteiger partial charge in [-0.2, -0.15) is 5.26 Å². The quantitative estimate of drug-likeness (QED) is 0.723. The van der Waals surface area contributed by atoms with Gasteiger partial charge in [-0.05, 0) is 18.8 Å². The van der Waals surface area contributed by atoms with Crippen LogP contribution in [-0.2, 0) is 0 Å². The summed E-state index contributed by atoms with van der Waals surface area (Å²) in [6, 6.07) is 2.39. The van der Waals surface area contributed by atoms with Crippen molar-refractivity contribution in [3.63, 3.8) is 0 Å². The first-order chi connectivity index (χ1) is 7.62. The summed E-state index contributed by atoms with van der Waals surface area (Å²) in [7, 11) is 0.